The number of carbonyl (C=O) groups excluding carboxylic acids is 3. The van der Waals surface area contributed by atoms with Crippen LogP contribution in [-0.4, -0.2) is 83.2 Å². The van der Waals surface area contributed by atoms with E-state index in [1.807, 2.05) is 20.1 Å². The van der Waals surface area contributed by atoms with Gasteiger partial charge < -0.3 is 31.5 Å². The van der Waals surface area contributed by atoms with E-state index in [1.165, 1.54) is 11.8 Å². The Bertz CT molecular complexity index is 598. The normalized spacial score (nSPS) is 19.0. The fourth-order valence-electron chi connectivity index (χ4n) is 3.12. The first-order chi connectivity index (χ1) is 14.2. The lowest BCUT2D eigenvalue weighted by Gasteiger charge is -2.25. The van der Waals surface area contributed by atoms with E-state index < -0.39 is 42.5 Å². The largest absolute Gasteiger partial charge is 0.480 e. The first-order valence-electron chi connectivity index (χ1n) is 10.2. The van der Waals surface area contributed by atoms with Gasteiger partial charge in [0.25, 0.3) is 0 Å². The van der Waals surface area contributed by atoms with Gasteiger partial charge in [-0.15, -0.1) is 0 Å². The number of hydrogen-bond donors (Lipinski definition) is 6. The predicted octanol–water partition coefficient (Wildman–Crippen LogP) is -0.931. The molecule has 172 valence electrons. The van der Waals surface area contributed by atoms with Gasteiger partial charge in [0.15, 0.2) is 0 Å². The molecule has 1 fully saturated rings. The molecule has 0 aliphatic carbocycles. The number of rotatable bonds is 13. The summed E-state index contributed by atoms with van der Waals surface area (Å²) in [6, 6.07) is -3.57. The first kappa shape index (κ1) is 26.2. The van der Waals surface area contributed by atoms with Crippen molar-refractivity contribution in [2.24, 2.45) is 5.92 Å². The minimum absolute atomic E-state index is 0.0420. The number of carboxylic acids is 1. The third kappa shape index (κ3) is 8.88. The zero-order valence-corrected chi connectivity index (χ0v) is 18.6. The first-order valence-corrected chi connectivity index (χ1v) is 11.6. The van der Waals surface area contributed by atoms with Crippen LogP contribution in [0.2, 0.25) is 0 Å². The van der Waals surface area contributed by atoms with Gasteiger partial charge in [-0.3, -0.25) is 14.4 Å². The molecule has 3 amide bonds. The molecule has 6 N–H and O–H groups in total. The molecule has 0 radical (unpaired) electrons. The van der Waals surface area contributed by atoms with Gasteiger partial charge in [-0.2, -0.15) is 11.8 Å². The highest BCUT2D eigenvalue weighted by Crippen LogP contribution is 2.09. The van der Waals surface area contributed by atoms with Crippen LogP contribution in [0, 0.1) is 5.92 Å². The van der Waals surface area contributed by atoms with Gasteiger partial charge in [-0.25, -0.2) is 4.79 Å². The quantitative estimate of drug-likeness (QED) is 0.212. The maximum atomic E-state index is 12.9. The van der Waals surface area contributed by atoms with Crippen molar-refractivity contribution in [1.29, 1.82) is 0 Å². The van der Waals surface area contributed by atoms with Crippen LogP contribution in [0.5, 0.6) is 0 Å². The van der Waals surface area contributed by atoms with Gasteiger partial charge in [-0.1, -0.05) is 13.8 Å². The fraction of sp³-hybridized carbons (Fsp3) is 0.789. The number of aliphatic hydroxyl groups is 1. The van der Waals surface area contributed by atoms with E-state index in [4.69, 9.17) is 10.2 Å². The Morgan fingerprint density at radius 2 is 1.70 bits per heavy atom. The molecule has 1 aliphatic rings. The van der Waals surface area contributed by atoms with Crippen molar-refractivity contribution >= 4 is 35.5 Å². The van der Waals surface area contributed by atoms with Crippen LogP contribution in [0.3, 0.4) is 0 Å². The van der Waals surface area contributed by atoms with E-state index in [9.17, 15) is 19.2 Å². The number of thioether (sulfide) groups is 1. The number of aliphatic carboxylic acids is 1. The average Bonchev–Trinajstić information content (AvgIpc) is 3.22. The lowest BCUT2D eigenvalue weighted by atomic mass is 10.0. The summed E-state index contributed by atoms with van der Waals surface area (Å²) in [5.74, 6) is -2.11. The Kier molecular flexibility index (Phi) is 11.7. The van der Waals surface area contributed by atoms with Gasteiger partial charge in [0, 0.05) is 0 Å². The molecule has 1 aliphatic heterocycles. The van der Waals surface area contributed by atoms with Crippen LogP contribution in [-0.2, 0) is 19.2 Å². The third-order valence-electron chi connectivity index (χ3n) is 4.76. The molecule has 1 heterocycles. The number of aliphatic hydroxyl groups excluding tert-OH is 1. The molecule has 30 heavy (non-hydrogen) atoms. The van der Waals surface area contributed by atoms with Crippen molar-refractivity contribution in [2.45, 2.75) is 63.7 Å². The maximum Gasteiger partial charge on any atom is 0.328 e. The molecule has 10 nitrogen and oxygen atoms in total. The summed E-state index contributed by atoms with van der Waals surface area (Å²) < 4.78 is 0. The Labute approximate surface area is 181 Å². The van der Waals surface area contributed by atoms with Crippen LogP contribution < -0.4 is 21.3 Å². The van der Waals surface area contributed by atoms with Crippen molar-refractivity contribution in [1.82, 2.24) is 21.3 Å². The Morgan fingerprint density at radius 1 is 1.07 bits per heavy atom. The number of hydrogen-bond acceptors (Lipinski definition) is 7. The molecule has 0 aromatic heterocycles. The molecule has 4 atom stereocenters. The Morgan fingerprint density at radius 3 is 2.20 bits per heavy atom. The maximum absolute atomic E-state index is 12.9. The van der Waals surface area contributed by atoms with Gasteiger partial charge in [0.1, 0.15) is 18.1 Å². The molecule has 1 saturated heterocycles. The minimum atomic E-state index is -1.45. The number of nitrogens with one attached hydrogen (secondary N) is 4. The SMILES string of the molecule is CSCCC(NC(=O)C1CCCN1)C(=O)NC(CC(C)C)C(=O)NC(CO)C(=O)O. The summed E-state index contributed by atoms with van der Waals surface area (Å²) in [5, 5.41) is 28.9. The van der Waals surface area contributed by atoms with Crippen molar-refractivity contribution < 1.29 is 29.4 Å². The highest BCUT2D eigenvalue weighted by molar-refractivity contribution is 7.98. The smallest absolute Gasteiger partial charge is 0.328 e. The van der Waals surface area contributed by atoms with E-state index in [2.05, 4.69) is 21.3 Å². The summed E-state index contributed by atoms with van der Waals surface area (Å²) in [6.07, 6.45) is 4.18. The summed E-state index contributed by atoms with van der Waals surface area (Å²) in [7, 11) is 0. The number of carboxylic acid groups (broad SMARTS) is 1. The summed E-state index contributed by atoms with van der Waals surface area (Å²) in [4.78, 5) is 49.0. The number of amides is 3. The summed E-state index contributed by atoms with van der Waals surface area (Å²) >= 11 is 1.54. The second-order valence-corrected chi connectivity index (χ2v) is 8.75. The molecular formula is C19H34N4O6S. The van der Waals surface area contributed by atoms with E-state index in [0.29, 0.717) is 18.6 Å². The average molecular weight is 447 g/mol. The predicted molar refractivity (Wildman–Crippen MR) is 114 cm³/mol. The zero-order valence-electron chi connectivity index (χ0n) is 17.8. The third-order valence-corrected chi connectivity index (χ3v) is 5.40. The van der Waals surface area contributed by atoms with Gasteiger partial charge >= 0.3 is 5.97 Å². The molecule has 0 spiro atoms. The Balaban J connectivity index is 2.85. The lowest BCUT2D eigenvalue weighted by molar-refractivity contribution is -0.143. The van der Waals surface area contributed by atoms with Gasteiger partial charge in [0.05, 0.1) is 12.6 Å². The lowest BCUT2D eigenvalue weighted by Crippen LogP contribution is -2.57. The molecule has 11 heteroatoms. The Hall–Kier alpha value is -1.85. The van der Waals surface area contributed by atoms with Crippen LogP contribution in [0.25, 0.3) is 0 Å². The zero-order chi connectivity index (χ0) is 22.7. The van der Waals surface area contributed by atoms with Crippen molar-refractivity contribution in [3.8, 4) is 0 Å². The van der Waals surface area contributed by atoms with Crippen LogP contribution in [0.15, 0.2) is 0 Å². The highest BCUT2D eigenvalue weighted by Gasteiger charge is 2.31. The molecule has 0 aromatic carbocycles. The molecular weight excluding hydrogens is 412 g/mol. The second kappa shape index (κ2) is 13.5. The van der Waals surface area contributed by atoms with Crippen LogP contribution in [0.4, 0.5) is 0 Å². The standard InChI is InChI=1S/C19H34N4O6S/c1-11(2)9-14(18(27)23-15(10-24)19(28)29)22-17(26)13(6-8-30-3)21-16(25)12-5-4-7-20-12/h11-15,20,24H,4-10H2,1-3H3,(H,21,25)(H,22,26)(H,23,27)(H,28,29). The van der Waals surface area contributed by atoms with Crippen molar-refractivity contribution in [3.63, 3.8) is 0 Å². The van der Waals surface area contributed by atoms with E-state index in [0.717, 1.165) is 13.0 Å². The van der Waals surface area contributed by atoms with E-state index in [-0.39, 0.29) is 24.3 Å². The summed E-state index contributed by atoms with van der Waals surface area (Å²) in [5.41, 5.74) is 0. The van der Waals surface area contributed by atoms with Crippen LogP contribution >= 0.6 is 11.8 Å². The molecule has 1 rings (SSSR count). The number of carbonyl (C=O) groups is 4. The minimum Gasteiger partial charge on any atom is -0.480 e. The topological polar surface area (TPSA) is 157 Å². The van der Waals surface area contributed by atoms with Gasteiger partial charge in [-0.05, 0) is 50.2 Å². The molecule has 0 aromatic rings. The van der Waals surface area contributed by atoms with E-state index in [1.54, 1.807) is 0 Å². The molecule has 0 bridgehead atoms. The fourth-order valence-corrected chi connectivity index (χ4v) is 3.59. The second-order valence-electron chi connectivity index (χ2n) is 7.76. The van der Waals surface area contributed by atoms with E-state index >= 15 is 0 Å². The van der Waals surface area contributed by atoms with Crippen molar-refractivity contribution in [2.75, 3.05) is 25.2 Å². The highest BCUT2D eigenvalue weighted by atomic mass is 32.2. The van der Waals surface area contributed by atoms with Crippen molar-refractivity contribution in [3.05, 3.63) is 0 Å². The summed E-state index contributed by atoms with van der Waals surface area (Å²) in [6.45, 7) is 3.73. The van der Waals surface area contributed by atoms with Crippen LogP contribution in [0.1, 0.15) is 39.5 Å². The molecule has 0 saturated carbocycles. The van der Waals surface area contributed by atoms with Gasteiger partial charge in [0.2, 0.25) is 17.7 Å². The monoisotopic (exact) mass is 446 g/mol. The molecule has 4 unspecified atom stereocenters.